The van der Waals surface area contributed by atoms with Gasteiger partial charge in [0.05, 0.1) is 0 Å². The van der Waals surface area contributed by atoms with Gasteiger partial charge in [0, 0.05) is 12.0 Å². The number of carbonyl (C=O) groups is 1. The van der Waals surface area contributed by atoms with E-state index in [-0.39, 0.29) is 17.9 Å². The Labute approximate surface area is 60.1 Å². The molecular formula is C7H12N2O. The molecule has 1 amide bonds. The van der Waals surface area contributed by atoms with Crippen LogP contribution in [-0.2, 0) is 4.79 Å². The maximum Gasteiger partial charge on any atom is 0.220 e. The Bertz CT molecular complexity index is 165. The summed E-state index contributed by atoms with van der Waals surface area (Å²) in [5.41, 5.74) is 10.7. The summed E-state index contributed by atoms with van der Waals surface area (Å²) in [6, 6.07) is 0.0197. The fraction of sp³-hybridized carbons (Fsp3) is 0.571. The molecule has 2 atom stereocenters. The SMILES string of the molecule is NC(=O)C1CC=C[C@H](N)C1. The van der Waals surface area contributed by atoms with Crippen LogP contribution in [-0.4, -0.2) is 11.9 Å². The van der Waals surface area contributed by atoms with Crippen LogP contribution in [0.25, 0.3) is 0 Å². The van der Waals surface area contributed by atoms with Gasteiger partial charge in [-0.25, -0.2) is 0 Å². The Morgan fingerprint density at radius 1 is 1.60 bits per heavy atom. The number of amides is 1. The topological polar surface area (TPSA) is 69.1 Å². The molecule has 4 N–H and O–H groups in total. The highest BCUT2D eigenvalue weighted by Gasteiger charge is 2.19. The fourth-order valence-corrected chi connectivity index (χ4v) is 1.15. The largest absolute Gasteiger partial charge is 0.369 e. The molecule has 0 aromatic rings. The van der Waals surface area contributed by atoms with Crippen LogP contribution >= 0.6 is 0 Å². The summed E-state index contributed by atoms with van der Waals surface area (Å²) >= 11 is 0. The van der Waals surface area contributed by atoms with Gasteiger partial charge in [0.25, 0.3) is 0 Å². The van der Waals surface area contributed by atoms with Crippen LogP contribution in [0.15, 0.2) is 12.2 Å². The maximum atomic E-state index is 10.6. The molecule has 0 saturated heterocycles. The third-order valence-electron chi connectivity index (χ3n) is 1.76. The van der Waals surface area contributed by atoms with Crippen molar-refractivity contribution in [2.45, 2.75) is 18.9 Å². The van der Waals surface area contributed by atoms with Gasteiger partial charge in [-0.3, -0.25) is 4.79 Å². The molecule has 0 saturated carbocycles. The lowest BCUT2D eigenvalue weighted by molar-refractivity contribution is -0.122. The molecule has 0 heterocycles. The number of rotatable bonds is 1. The van der Waals surface area contributed by atoms with E-state index in [0.29, 0.717) is 6.42 Å². The Balaban J connectivity index is 2.52. The van der Waals surface area contributed by atoms with Crippen molar-refractivity contribution in [1.82, 2.24) is 0 Å². The fourth-order valence-electron chi connectivity index (χ4n) is 1.15. The zero-order valence-electron chi connectivity index (χ0n) is 5.79. The second-order valence-corrected chi connectivity index (χ2v) is 2.66. The third kappa shape index (κ3) is 1.57. The molecule has 0 aromatic heterocycles. The number of carbonyl (C=O) groups excluding carboxylic acids is 1. The highest BCUT2D eigenvalue weighted by atomic mass is 16.1. The number of allylic oxidation sites excluding steroid dienone is 1. The number of primary amides is 1. The minimum absolute atomic E-state index is 0.0197. The molecular weight excluding hydrogens is 128 g/mol. The van der Waals surface area contributed by atoms with Gasteiger partial charge in [-0.1, -0.05) is 12.2 Å². The predicted molar refractivity (Wildman–Crippen MR) is 39.0 cm³/mol. The molecule has 0 spiro atoms. The first kappa shape index (κ1) is 7.28. The van der Waals surface area contributed by atoms with E-state index < -0.39 is 0 Å². The Morgan fingerprint density at radius 3 is 2.70 bits per heavy atom. The zero-order valence-corrected chi connectivity index (χ0v) is 5.79. The van der Waals surface area contributed by atoms with Gasteiger partial charge >= 0.3 is 0 Å². The molecule has 3 nitrogen and oxygen atoms in total. The zero-order chi connectivity index (χ0) is 7.56. The van der Waals surface area contributed by atoms with E-state index in [1.807, 2.05) is 12.2 Å². The monoisotopic (exact) mass is 140 g/mol. The minimum Gasteiger partial charge on any atom is -0.369 e. The van der Waals surface area contributed by atoms with Crippen LogP contribution in [0.4, 0.5) is 0 Å². The normalized spacial score (nSPS) is 32.1. The summed E-state index contributed by atoms with van der Waals surface area (Å²) in [7, 11) is 0. The Morgan fingerprint density at radius 2 is 2.30 bits per heavy atom. The van der Waals surface area contributed by atoms with E-state index in [4.69, 9.17) is 11.5 Å². The lowest BCUT2D eigenvalue weighted by atomic mass is 9.91. The van der Waals surface area contributed by atoms with E-state index in [2.05, 4.69) is 0 Å². The molecule has 0 aliphatic heterocycles. The number of hydrogen-bond donors (Lipinski definition) is 2. The standard InChI is InChI=1S/C7H12N2O/c8-6-3-1-2-5(4-6)7(9)10/h1,3,5-6H,2,4,8H2,(H2,9,10)/t5?,6-/m0/s1. The molecule has 0 aromatic carbocycles. The Kier molecular flexibility index (Phi) is 2.06. The molecule has 0 fully saturated rings. The van der Waals surface area contributed by atoms with Crippen molar-refractivity contribution in [2.75, 3.05) is 0 Å². The lowest BCUT2D eigenvalue weighted by Crippen LogP contribution is -2.32. The highest BCUT2D eigenvalue weighted by Crippen LogP contribution is 2.16. The van der Waals surface area contributed by atoms with Crippen molar-refractivity contribution in [3.05, 3.63) is 12.2 Å². The van der Waals surface area contributed by atoms with Gasteiger partial charge < -0.3 is 11.5 Å². The molecule has 56 valence electrons. The van der Waals surface area contributed by atoms with Crippen molar-refractivity contribution in [3.63, 3.8) is 0 Å². The van der Waals surface area contributed by atoms with E-state index in [1.54, 1.807) is 0 Å². The second kappa shape index (κ2) is 2.84. The van der Waals surface area contributed by atoms with Gasteiger partial charge in [-0.2, -0.15) is 0 Å². The maximum absolute atomic E-state index is 10.6. The predicted octanol–water partition coefficient (Wildman–Crippen LogP) is -0.235. The van der Waals surface area contributed by atoms with Gasteiger partial charge in [0.2, 0.25) is 5.91 Å². The summed E-state index contributed by atoms with van der Waals surface area (Å²) in [5.74, 6) is -0.278. The first-order chi connectivity index (χ1) is 4.70. The van der Waals surface area contributed by atoms with E-state index >= 15 is 0 Å². The first-order valence-corrected chi connectivity index (χ1v) is 3.41. The molecule has 1 unspecified atom stereocenters. The van der Waals surface area contributed by atoms with E-state index in [1.165, 1.54) is 0 Å². The van der Waals surface area contributed by atoms with Crippen molar-refractivity contribution < 1.29 is 4.79 Å². The summed E-state index contributed by atoms with van der Waals surface area (Å²) in [6.45, 7) is 0. The number of nitrogens with two attached hydrogens (primary N) is 2. The van der Waals surface area contributed by atoms with Crippen LogP contribution < -0.4 is 11.5 Å². The summed E-state index contributed by atoms with van der Waals surface area (Å²) in [4.78, 5) is 10.6. The molecule has 10 heavy (non-hydrogen) atoms. The van der Waals surface area contributed by atoms with E-state index in [0.717, 1.165) is 6.42 Å². The molecule has 1 aliphatic rings. The summed E-state index contributed by atoms with van der Waals surface area (Å²) < 4.78 is 0. The van der Waals surface area contributed by atoms with Crippen LogP contribution in [0, 0.1) is 5.92 Å². The average Bonchev–Trinajstić information content (AvgIpc) is 1.88. The molecule has 0 bridgehead atoms. The number of hydrogen-bond acceptors (Lipinski definition) is 2. The van der Waals surface area contributed by atoms with Gasteiger partial charge in [0.15, 0.2) is 0 Å². The molecule has 1 aliphatic carbocycles. The van der Waals surface area contributed by atoms with Gasteiger partial charge in [0.1, 0.15) is 0 Å². The van der Waals surface area contributed by atoms with Crippen LogP contribution in [0.2, 0.25) is 0 Å². The highest BCUT2D eigenvalue weighted by molar-refractivity contribution is 5.77. The van der Waals surface area contributed by atoms with Gasteiger partial charge in [-0.15, -0.1) is 0 Å². The van der Waals surface area contributed by atoms with Crippen molar-refractivity contribution in [1.29, 1.82) is 0 Å². The van der Waals surface area contributed by atoms with E-state index in [9.17, 15) is 4.79 Å². The first-order valence-electron chi connectivity index (χ1n) is 3.41. The van der Waals surface area contributed by atoms with Crippen molar-refractivity contribution >= 4 is 5.91 Å². The lowest BCUT2D eigenvalue weighted by Gasteiger charge is -2.18. The summed E-state index contributed by atoms with van der Waals surface area (Å²) in [6.07, 6.45) is 5.29. The van der Waals surface area contributed by atoms with Crippen LogP contribution in [0.5, 0.6) is 0 Å². The van der Waals surface area contributed by atoms with Crippen LogP contribution in [0.3, 0.4) is 0 Å². The summed E-state index contributed by atoms with van der Waals surface area (Å²) in [5, 5.41) is 0. The molecule has 1 rings (SSSR count). The minimum atomic E-state index is -0.236. The third-order valence-corrected chi connectivity index (χ3v) is 1.76. The van der Waals surface area contributed by atoms with Crippen LogP contribution in [0.1, 0.15) is 12.8 Å². The smallest absolute Gasteiger partial charge is 0.220 e. The quantitative estimate of drug-likeness (QED) is 0.494. The average molecular weight is 140 g/mol. The molecule has 3 heteroatoms. The Hall–Kier alpha value is -0.830. The van der Waals surface area contributed by atoms with Crippen molar-refractivity contribution in [2.24, 2.45) is 17.4 Å². The van der Waals surface area contributed by atoms with Crippen molar-refractivity contribution in [3.8, 4) is 0 Å². The second-order valence-electron chi connectivity index (χ2n) is 2.66. The molecule has 0 radical (unpaired) electrons. The van der Waals surface area contributed by atoms with Gasteiger partial charge in [-0.05, 0) is 12.8 Å².